The van der Waals surface area contributed by atoms with Crippen molar-refractivity contribution in [3.63, 3.8) is 0 Å². The molecule has 0 atom stereocenters. The van der Waals surface area contributed by atoms with Crippen LogP contribution in [-0.2, 0) is 6.54 Å². The molecule has 5 nitrogen and oxygen atoms in total. The molecule has 0 bridgehead atoms. The lowest BCUT2D eigenvalue weighted by Crippen LogP contribution is -2.22. The Balaban J connectivity index is 1.90. The van der Waals surface area contributed by atoms with E-state index in [4.69, 9.17) is 4.42 Å². The number of rotatable bonds is 5. The van der Waals surface area contributed by atoms with Gasteiger partial charge in [-0.25, -0.2) is 0 Å². The molecule has 0 saturated carbocycles. The summed E-state index contributed by atoms with van der Waals surface area (Å²) in [6.07, 6.45) is 4.19. The summed E-state index contributed by atoms with van der Waals surface area (Å²) in [4.78, 5) is 2.32. The lowest BCUT2D eigenvalue weighted by atomic mass is 10.4. The molecular weight excluding hydrogens is 260 g/mol. The van der Waals surface area contributed by atoms with Crippen LogP contribution < -0.4 is 4.90 Å². The van der Waals surface area contributed by atoms with Crippen molar-refractivity contribution in [2.75, 3.05) is 23.7 Å². The lowest BCUT2D eigenvalue weighted by molar-refractivity contribution is 0.484. The van der Waals surface area contributed by atoms with Gasteiger partial charge in [-0.3, -0.25) is 4.57 Å². The van der Waals surface area contributed by atoms with Gasteiger partial charge < -0.3 is 9.32 Å². The average Bonchev–Trinajstić information content (AvgIpc) is 3.12. The molecule has 0 spiro atoms. The summed E-state index contributed by atoms with van der Waals surface area (Å²) in [6, 6.07) is 3.91. The Morgan fingerprint density at radius 1 is 1.32 bits per heavy atom. The molecule has 3 heterocycles. The molecule has 6 heteroatoms. The van der Waals surface area contributed by atoms with Gasteiger partial charge in [0.15, 0.2) is 5.16 Å². The molecule has 0 unspecified atom stereocenters. The third kappa shape index (κ3) is 2.63. The number of aromatic nitrogens is 3. The van der Waals surface area contributed by atoms with Gasteiger partial charge in [-0.2, -0.15) is 0 Å². The molecule has 1 aliphatic heterocycles. The van der Waals surface area contributed by atoms with E-state index in [2.05, 4.69) is 26.6 Å². The molecule has 0 amide bonds. The number of hydrogen-bond acceptors (Lipinski definition) is 5. The Hall–Kier alpha value is -1.43. The monoisotopic (exact) mass is 278 g/mol. The Kier molecular flexibility index (Phi) is 3.77. The molecule has 0 N–H and O–H groups in total. The highest BCUT2D eigenvalue weighted by Crippen LogP contribution is 2.25. The third-order valence-corrected chi connectivity index (χ3v) is 4.10. The second-order valence-electron chi connectivity index (χ2n) is 4.58. The van der Waals surface area contributed by atoms with E-state index < -0.39 is 0 Å². The van der Waals surface area contributed by atoms with Crippen molar-refractivity contribution in [3.8, 4) is 0 Å². The van der Waals surface area contributed by atoms with Gasteiger partial charge in [-0.1, -0.05) is 18.7 Å². The standard InChI is InChI=1S/C13H18N4OS/c1-2-19-13-15-14-12(16-7-3-4-8-16)17(13)10-11-6-5-9-18-11/h5-6,9H,2-4,7-8,10H2,1H3. The van der Waals surface area contributed by atoms with Crippen molar-refractivity contribution < 1.29 is 4.42 Å². The first-order valence-corrected chi connectivity index (χ1v) is 7.70. The zero-order chi connectivity index (χ0) is 13.1. The zero-order valence-electron chi connectivity index (χ0n) is 11.1. The second-order valence-corrected chi connectivity index (χ2v) is 5.81. The summed E-state index contributed by atoms with van der Waals surface area (Å²) in [5, 5.41) is 9.67. The van der Waals surface area contributed by atoms with Crippen LogP contribution in [0.1, 0.15) is 25.5 Å². The van der Waals surface area contributed by atoms with Crippen LogP contribution >= 0.6 is 11.8 Å². The van der Waals surface area contributed by atoms with Crippen LogP contribution in [0.4, 0.5) is 5.95 Å². The van der Waals surface area contributed by atoms with Crippen molar-refractivity contribution >= 4 is 17.7 Å². The summed E-state index contributed by atoms with van der Waals surface area (Å²) in [5.41, 5.74) is 0. The molecule has 2 aromatic rings. The topological polar surface area (TPSA) is 47.1 Å². The van der Waals surface area contributed by atoms with Crippen LogP contribution in [0.15, 0.2) is 28.0 Å². The Morgan fingerprint density at radius 2 is 2.16 bits per heavy atom. The Morgan fingerprint density at radius 3 is 2.84 bits per heavy atom. The van der Waals surface area contributed by atoms with Crippen molar-refractivity contribution in [3.05, 3.63) is 24.2 Å². The van der Waals surface area contributed by atoms with E-state index in [9.17, 15) is 0 Å². The summed E-state index contributed by atoms with van der Waals surface area (Å²) in [6.45, 7) is 4.99. The smallest absolute Gasteiger partial charge is 0.228 e. The number of thioether (sulfide) groups is 1. The van der Waals surface area contributed by atoms with E-state index >= 15 is 0 Å². The zero-order valence-corrected chi connectivity index (χ0v) is 11.9. The van der Waals surface area contributed by atoms with Crippen LogP contribution in [0.5, 0.6) is 0 Å². The van der Waals surface area contributed by atoms with Crippen molar-refractivity contribution in [2.24, 2.45) is 0 Å². The maximum absolute atomic E-state index is 5.45. The predicted molar refractivity (Wildman–Crippen MR) is 75.7 cm³/mol. The van der Waals surface area contributed by atoms with Gasteiger partial charge >= 0.3 is 0 Å². The maximum atomic E-state index is 5.45. The molecule has 1 saturated heterocycles. The summed E-state index contributed by atoms with van der Waals surface area (Å²) in [5.74, 6) is 2.92. The van der Waals surface area contributed by atoms with Crippen LogP contribution in [0, 0.1) is 0 Å². The molecule has 2 aromatic heterocycles. The van der Waals surface area contributed by atoms with E-state index in [-0.39, 0.29) is 0 Å². The van der Waals surface area contributed by atoms with Crippen molar-refractivity contribution in [2.45, 2.75) is 31.5 Å². The SMILES string of the molecule is CCSc1nnc(N2CCCC2)n1Cc1ccco1. The third-order valence-electron chi connectivity index (χ3n) is 3.25. The fraction of sp³-hybridized carbons (Fsp3) is 0.538. The van der Waals surface area contributed by atoms with E-state index in [1.165, 1.54) is 12.8 Å². The number of anilines is 1. The van der Waals surface area contributed by atoms with E-state index in [1.54, 1.807) is 18.0 Å². The quantitative estimate of drug-likeness (QED) is 0.787. The van der Waals surface area contributed by atoms with Crippen LogP contribution in [0.2, 0.25) is 0 Å². The summed E-state index contributed by atoms with van der Waals surface area (Å²) in [7, 11) is 0. The van der Waals surface area contributed by atoms with Gasteiger partial charge in [-0.15, -0.1) is 10.2 Å². The normalized spacial score (nSPS) is 15.3. The maximum Gasteiger partial charge on any atom is 0.228 e. The van der Waals surface area contributed by atoms with Crippen molar-refractivity contribution in [1.29, 1.82) is 0 Å². The summed E-state index contributed by atoms with van der Waals surface area (Å²) >= 11 is 1.72. The highest BCUT2D eigenvalue weighted by atomic mass is 32.2. The number of hydrogen-bond donors (Lipinski definition) is 0. The van der Waals surface area contributed by atoms with Gasteiger partial charge in [0.2, 0.25) is 5.95 Å². The van der Waals surface area contributed by atoms with Crippen LogP contribution in [-0.4, -0.2) is 33.6 Å². The molecule has 0 aliphatic carbocycles. The second kappa shape index (κ2) is 5.69. The van der Waals surface area contributed by atoms with Crippen LogP contribution in [0.25, 0.3) is 0 Å². The lowest BCUT2D eigenvalue weighted by Gasteiger charge is -2.17. The minimum Gasteiger partial charge on any atom is -0.467 e. The Bertz CT molecular complexity index is 517. The molecule has 1 fully saturated rings. The predicted octanol–water partition coefficient (Wildman–Crippen LogP) is 2.63. The number of nitrogens with zero attached hydrogens (tertiary/aromatic N) is 4. The van der Waals surface area contributed by atoms with E-state index in [0.29, 0.717) is 6.54 Å². The van der Waals surface area contributed by atoms with Gasteiger partial charge in [0.1, 0.15) is 5.76 Å². The highest BCUT2D eigenvalue weighted by molar-refractivity contribution is 7.99. The fourth-order valence-electron chi connectivity index (χ4n) is 2.36. The molecule has 3 rings (SSSR count). The molecular formula is C13H18N4OS. The van der Waals surface area contributed by atoms with Gasteiger partial charge in [-0.05, 0) is 30.7 Å². The fourth-order valence-corrected chi connectivity index (χ4v) is 3.02. The van der Waals surface area contributed by atoms with E-state index in [1.807, 2.05) is 12.1 Å². The van der Waals surface area contributed by atoms with Crippen LogP contribution in [0.3, 0.4) is 0 Å². The Labute approximate surface area is 117 Å². The molecule has 0 aromatic carbocycles. The average molecular weight is 278 g/mol. The molecule has 0 radical (unpaired) electrons. The minimum absolute atomic E-state index is 0.703. The summed E-state index contributed by atoms with van der Waals surface area (Å²) < 4.78 is 7.62. The molecule has 1 aliphatic rings. The first-order chi connectivity index (χ1) is 9.38. The van der Waals surface area contributed by atoms with Gasteiger partial charge in [0, 0.05) is 13.1 Å². The molecule has 19 heavy (non-hydrogen) atoms. The highest BCUT2D eigenvalue weighted by Gasteiger charge is 2.21. The van der Waals surface area contributed by atoms with Crippen molar-refractivity contribution in [1.82, 2.24) is 14.8 Å². The first kappa shape index (κ1) is 12.6. The first-order valence-electron chi connectivity index (χ1n) is 6.72. The minimum atomic E-state index is 0.703. The van der Waals surface area contributed by atoms with E-state index in [0.717, 1.165) is 35.7 Å². The largest absolute Gasteiger partial charge is 0.467 e. The van der Waals surface area contributed by atoms with Gasteiger partial charge in [0.25, 0.3) is 0 Å². The number of furan rings is 1. The van der Waals surface area contributed by atoms with Gasteiger partial charge in [0.05, 0.1) is 12.8 Å². The molecule has 102 valence electrons.